The molecule has 0 bridgehead atoms. The molecule has 3 unspecified atom stereocenters. The van der Waals surface area contributed by atoms with Gasteiger partial charge in [-0.3, -0.25) is 4.99 Å². The number of aromatic nitrogens is 2. The van der Waals surface area contributed by atoms with Crippen molar-refractivity contribution in [1.29, 1.82) is 0 Å². The maximum absolute atomic E-state index is 5.44. The fourth-order valence-corrected chi connectivity index (χ4v) is 9.58. The summed E-state index contributed by atoms with van der Waals surface area (Å²) in [6.07, 6.45) is 16.9. The van der Waals surface area contributed by atoms with Gasteiger partial charge in [-0.05, 0) is 85.3 Å². The molecule has 12 rings (SSSR count). The van der Waals surface area contributed by atoms with Gasteiger partial charge in [0.1, 0.15) is 6.04 Å². The number of para-hydroxylation sites is 1. The van der Waals surface area contributed by atoms with Gasteiger partial charge < -0.3 is 0 Å². The number of fused-ring (bicyclic) bond motifs is 12. The number of aliphatic imine (C=N–C) groups is 1. The number of nitrogens with zero attached hydrogens (tertiary/aromatic N) is 3. The Labute approximate surface area is 336 Å². The van der Waals surface area contributed by atoms with Crippen molar-refractivity contribution >= 4 is 71.4 Å². The van der Waals surface area contributed by atoms with Gasteiger partial charge >= 0.3 is 0 Å². The van der Waals surface area contributed by atoms with Gasteiger partial charge in [-0.2, -0.15) is 0 Å². The maximum atomic E-state index is 5.44. The van der Waals surface area contributed by atoms with E-state index in [2.05, 4.69) is 188 Å². The van der Waals surface area contributed by atoms with Crippen molar-refractivity contribution in [2.24, 2.45) is 10.9 Å². The van der Waals surface area contributed by atoms with Crippen molar-refractivity contribution in [2.75, 3.05) is 0 Å². The molecule has 0 N–H and O–H groups in total. The molecule has 9 aromatic rings. The van der Waals surface area contributed by atoms with Crippen molar-refractivity contribution in [3.05, 3.63) is 216 Å². The largest absolute Gasteiger partial charge is 0.274 e. The predicted molar refractivity (Wildman–Crippen MR) is 243 cm³/mol. The van der Waals surface area contributed by atoms with Gasteiger partial charge in [0, 0.05) is 33.6 Å². The average molecular weight is 740 g/mol. The topological polar surface area (TPSA) is 38.1 Å². The quantitative estimate of drug-likeness (QED) is 0.169. The van der Waals surface area contributed by atoms with E-state index >= 15 is 0 Å². The Bertz CT molecular complexity index is 3330. The van der Waals surface area contributed by atoms with E-state index in [1.54, 1.807) is 0 Å². The molecule has 272 valence electrons. The van der Waals surface area contributed by atoms with Crippen LogP contribution in [0.4, 0.5) is 0 Å². The molecule has 3 nitrogen and oxygen atoms in total. The first-order chi connectivity index (χ1) is 28.7. The Balaban J connectivity index is 0.944. The van der Waals surface area contributed by atoms with E-state index in [4.69, 9.17) is 15.0 Å². The molecule has 0 amide bonds. The molecule has 3 atom stereocenters. The first-order valence-corrected chi connectivity index (χ1v) is 20.3. The van der Waals surface area contributed by atoms with Crippen LogP contribution < -0.4 is 0 Å². The number of hydrogen-bond acceptors (Lipinski definition) is 3. The first-order valence-electron chi connectivity index (χ1n) is 20.3. The van der Waals surface area contributed by atoms with Crippen molar-refractivity contribution in [1.82, 2.24) is 9.97 Å². The van der Waals surface area contributed by atoms with Crippen LogP contribution >= 0.6 is 0 Å². The van der Waals surface area contributed by atoms with Gasteiger partial charge in [0.05, 0.1) is 28.3 Å². The van der Waals surface area contributed by atoms with Crippen molar-refractivity contribution < 1.29 is 0 Å². The third-order valence-electron chi connectivity index (χ3n) is 12.4. The maximum Gasteiger partial charge on any atom is 0.103 e. The van der Waals surface area contributed by atoms with Crippen LogP contribution in [0, 0.1) is 5.92 Å². The fraction of sp³-hybridized carbons (Fsp3) is 0.0727. The highest BCUT2D eigenvalue weighted by atomic mass is 14.9. The molecule has 0 saturated carbocycles. The first kappa shape index (κ1) is 33.0. The summed E-state index contributed by atoms with van der Waals surface area (Å²) in [4.78, 5) is 16.0. The Morgan fingerprint density at radius 1 is 0.517 bits per heavy atom. The molecule has 0 fully saturated rings. The van der Waals surface area contributed by atoms with Crippen LogP contribution in [0.25, 0.3) is 76.9 Å². The van der Waals surface area contributed by atoms with Gasteiger partial charge in [-0.15, -0.1) is 0 Å². The molecule has 58 heavy (non-hydrogen) atoms. The second-order valence-corrected chi connectivity index (χ2v) is 15.8. The zero-order valence-electron chi connectivity index (χ0n) is 31.8. The van der Waals surface area contributed by atoms with Crippen LogP contribution in [0.1, 0.15) is 46.5 Å². The highest BCUT2D eigenvalue weighted by Crippen LogP contribution is 2.44. The third-order valence-corrected chi connectivity index (χ3v) is 12.4. The van der Waals surface area contributed by atoms with E-state index < -0.39 is 0 Å². The molecule has 0 spiro atoms. The number of hydrogen-bond donors (Lipinski definition) is 0. The van der Waals surface area contributed by atoms with E-state index in [9.17, 15) is 0 Å². The van der Waals surface area contributed by atoms with Crippen LogP contribution in [0.2, 0.25) is 0 Å². The van der Waals surface area contributed by atoms with Gasteiger partial charge in [0.2, 0.25) is 0 Å². The Hall–Kier alpha value is -7.23. The summed E-state index contributed by atoms with van der Waals surface area (Å²) >= 11 is 0. The van der Waals surface area contributed by atoms with Crippen LogP contribution in [-0.4, -0.2) is 15.7 Å². The van der Waals surface area contributed by atoms with E-state index in [0.717, 1.165) is 51.4 Å². The molecule has 3 aliphatic rings. The van der Waals surface area contributed by atoms with Crippen LogP contribution in [0.15, 0.2) is 193 Å². The number of allylic oxidation sites excluding steroid dienone is 5. The second-order valence-electron chi connectivity index (χ2n) is 15.8. The highest BCUT2D eigenvalue weighted by molar-refractivity contribution is 6.32. The average Bonchev–Trinajstić information content (AvgIpc) is 3.30. The van der Waals surface area contributed by atoms with E-state index in [-0.39, 0.29) is 17.9 Å². The van der Waals surface area contributed by atoms with Gasteiger partial charge in [-0.1, -0.05) is 170 Å². The van der Waals surface area contributed by atoms with Crippen molar-refractivity contribution in [2.45, 2.75) is 18.4 Å². The van der Waals surface area contributed by atoms with Crippen LogP contribution in [-0.2, 0) is 0 Å². The lowest BCUT2D eigenvalue weighted by Gasteiger charge is -2.28. The van der Waals surface area contributed by atoms with Crippen LogP contribution in [0.3, 0.4) is 0 Å². The summed E-state index contributed by atoms with van der Waals surface area (Å²) in [6.45, 7) is 0. The lowest BCUT2D eigenvalue weighted by atomic mass is 9.85. The van der Waals surface area contributed by atoms with Crippen LogP contribution in [0.5, 0.6) is 0 Å². The minimum atomic E-state index is -0.0431. The summed E-state index contributed by atoms with van der Waals surface area (Å²) in [6, 6.07) is 54.7. The number of benzene rings is 7. The molecular formula is C55H37N3. The number of rotatable bonds is 4. The van der Waals surface area contributed by atoms with E-state index in [1.165, 1.54) is 59.6 Å². The summed E-state index contributed by atoms with van der Waals surface area (Å²) in [5.74, 6) is 0.412. The normalized spacial score (nSPS) is 18.4. The van der Waals surface area contributed by atoms with E-state index in [0.29, 0.717) is 0 Å². The third kappa shape index (κ3) is 5.31. The lowest BCUT2D eigenvalue weighted by Crippen LogP contribution is -2.19. The highest BCUT2D eigenvalue weighted by Gasteiger charge is 2.29. The molecule has 3 heteroatoms. The Kier molecular flexibility index (Phi) is 7.49. The molecule has 3 heterocycles. The smallest absolute Gasteiger partial charge is 0.103 e. The zero-order valence-corrected chi connectivity index (χ0v) is 31.8. The molecule has 2 aromatic heterocycles. The minimum Gasteiger partial charge on any atom is -0.274 e. The standard InChI is InChI=1S/C55H37N3/c1-2-11-35(12-3-1)48-29-27-36-23-24-37-28-30-49(57-55(37)54(36)56-48)40-26-22-34-21-25-39(32-42(34)33-40)38-13-10-14-41(31-38)53-52-46-18-7-5-16-44(46)43-15-4-6-17-45(43)51(52)47-19-8-9-20-50(47)58-53/h1-12,14-33,36,38,54H,13H2. The fourth-order valence-electron chi connectivity index (χ4n) is 9.58. The summed E-state index contributed by atoms with van der Waals surface area (Å²) in [7, 11) is 0. The molecule has 2 aliphatic carbocycles. The molecule has 0 radical (unpaired) electrons. The molecule has 7 aromatic carbocycles. The zero-order chi connectivity index (χ0) is 38.2. The Morgan fingerprint density at radius 3 is 2.09 bits per heavy atom. The van der Waals surface area contributed by atoms with Gasteiger partial charge in [-0.25, -0.2) is 9.97 Å². The SMILES string of the molecule is C1=CC(c2nc3ccccc3c3c4ccccc4c4ccccc4c23)=CC(c2ccc3ccc(-c4ccc5c(n4)C4N=C(c6ccccc6)C=CC4C=C5)cc3c2)C1. The van der Waals surface area contributed by atoms with Gasteiger partial charge in [0.25, 0.3) is 0 Å². The van der Waals surface area contributed by atoms with Crippen molar-refractivity contribution in [3.63, 3.8) is 0 Å². The number of dihydropyridines is 1. The lowest BCUT2D eigenvalue weighted by molar-refractivity contribution is 0.592. The van der Waals surface area contributed by atoms with Gasteiger partial charge in [0.15, 0.2) is 0 Å². The molecule has 1 aliphatic heterocycles. The predicted octanol–water partition coefficient (Wildman–Crippen LogP) is 13.8. The second kappa shape index (κ2) is 13.2. The minimum absolute atomic E-state index is 0.0431. The number of pyridine rings is 2. The van der Waals surface area contributed by atoms with E-state index in [1.807, 2.05) is 6.07 Å². The Morgan fingerprint density at radius 2 is 1.24 bits per heavy atom. The molecular weight excluding hydrogens is 703 g/mol. The van der Waals surface area contributed by atoms with Crippen molar-refractivity contribution in [3.8, 4) is 11.3 Å². The summed E-state index contributed by atoms with van der Waals surface area (Å²) in [5, 5.41) is 11.2. The monoisotopic (exact) mass is 739 g/mol. The molecule has 0 saturated heterocycles. The summed E-state index contributed by atoms with van der Waals surface area (Å²) < 4.78 is 0. The summed E-state index contributed by atoms with van der Waals surface area (Å²) in [5.41, 5.74) is 10.9.